The average Bonchev–Trinajstić information content (AvgIpc) is 2.99. The molecule has 1 aromatic rings. The molecule has 6 heteroatoms. The first-order valence-electron chi connectivity index (χ1n) is 5.31. The molecule has 0 N–H and O–H groups in total. The van der Waals surface area contributed by atoms with E-state index < -0.39 is 0 Å². The number of ether oxygens (including phenoxy) is 2. The first-order valence-corrected chi connectivity index (χ1v) is 7.59. The molecule has 0 unspecified atom stereocenters. The Morgan fingerprint density at radius 2 is 2.24 bits per heavy atom. The third kappa shape index (κ3) is 2.32. The maximum atomic E-state index is 11.9. The molecule has 17 heavy (non-hydrogen) atoms. The number of rotatable bonds is 2. The highest BCUT2D eigenvalue weighted by atomic mass is 33.1. The van der Waals surface area contributed by atoms with Gasteiger partial charge in [-0.2, -0.15) is 0 Å². The molecule has 0 radical (unpaired) electrons. The third-order valence-electron chi connectivity index (χ3n) is 2.59. The van der Waals surface area contributed by atoms with Crippen LogP contribution in [0.25, 0.3) is 0 Å². The Morgan fingerprint density at radius 1 is 1.35 bits per heavy atom. The Morgan fingerprint density at radius 3 is 3.06 bits per heavy atom. The van der Waals surface area contributed by atoms with Crippen molar-refractivity contribution >= 4 is 27.7 Å². The summed E-state index contributed by atoms with van der Waals surface area (Å²) in [5, 5.41) is 0. The van der Waals surface area contributed by atoms with Gasteiger partial charge in [0, 0.05) is 23.3 Å². The number of hydrogen-bond donors (Lipinski definition) is 0. The zero-order valence-electron chi connectivity index (χ0n) is 9.05. The standard InChI is InChI=1S/C11H11NO3S2/c13-11(12-3-4-16-17-12)6-8-1-2-9-10(5-8)15-7-14-9/h1-2,5H,3-4,6-7H2. The maximum Gasteiger partial charge on any atom is 0.237 e. The van der Waals surface area contributed by atoms with Gasteiger partial charge in [0.2, 0.25) is 12.7 Å². The van der Waals surface area contributed by atoms with Gasteiger partial charge in [-0.15, -0.1) is 0 Å². The molecule has 0 aliphatic carbocycles. The van der Waals surface area contributed by atoms with E-state index in [1.165, 1.54) is 11.0 Å². The van der Waals surface area contributed by atoms with E-state index >= 15 is 0 Å². The molecule has 2 aliphatic heterocycles. The Bertz CT molecular complexity index is 446. The van der Waals surface area contributed by atoms with Crippen molar-refractivity contribution in [2.45, 2.75) is 6.42 Å². The first-order chi connectivity index (χ1) is 8.33. The van der Waals surface area contributed by atoms with Crippen LogP contribution < -0.4 is 9.47 Å². The molecule has 0 saturated carbocycles. The van der Waals surface area contributed by atoms with Gasteiger partial charge in [0.05, 0.1) is 6.42 Å². The average molecular weight is 269 g/mol. The number of hydrogen-bond acceptors (Lipinski definition) is 5. The van der Waals surface area contributed by atoms with E-state index in [-0.39, 0.29) is 12.7 Å². The Hall–Kier alpha value is -1.01. The van der Waals surface area contributed by atoms with Gasteiger partial charge in [0.25, 0.3) is 0 Å². The van der Waals surface area contributed by atoms with Crippen molar-refractivity contribution in [3.05, 3.63) is 23.8 Å². The van der Waals surface area contributed by atoms with Crippen molar-refractivity contribution in [1.29, 1.82) is 0 Å². The zero-order chi connectivity index (χ0) is 11.7. The highest BCUT2D eigenvalue weighted by Gasteiger charge is 2.21. The SMILES string of the molecule is O=C(Cc1ccc2c(c1)OCO2)N1CCSS1. The topological polar surface area (TPSA) is 38.8 Å². The summed E-state index contributed by atoms with van der Waals surface area (Å²) in [7, 11) is 3.26. The molecule has 0 bridgehead atoms. The molecule has 0 aromatic heterocycles. The van der Waals surface area contributed by atoms with Gasteiger partial charge in [-0.05, 0) is 17.7 Å². The summed E-state index contributed by atoms with van der Waals surface area (Å²) in [5.41, 5.74) is 0.969. The molecule has 0 spiro atoms. The van der Waals surface area contributed by atoms with Crippen LogP contribution >= 0.6 is 21.8 Å². The lowest BCUT2D eigenvalue weighted by Gasteiger charge is -2.12. The van der Waals surface area contributed by atoms with Gasteiger partial charge in [0.15, 0.2) is 11.5 Å². The van der Waals surface area contributed by atoms with E-state index in [1.807, 2.05) is 22.5 Å². The monoisotopic (exact) mass is 269 g/mol. The number of nitrogens with zero attached hydrogens (tertiary/aromatic N) is 1. The maximum absolute atomic E-state index is 11.9. The summed E-state index contributed by atoms with van der Waals surface area (Å²) in [5.74, 6) is 2.65. The highest BCUT2D eigenvalue weighted by Crippen LogP contribution is 2.35. The van der Waals surface area contributed by atoms with E-state index in [0.717, 1.165) is 29.4 Å². The second-order valence-corrected chi connectivity index (χ2v) is 6.14. The molecule has 2 heterocycles. The summed E-state index contributed by atoms with van der Waals surface area (Å²) in [4.78, 5) is 11.9. The Kier molecular flexibility index (Phi) is 3.07. The molecule has 0 atom stereocenters. The van der Waals surface area contributed by atoms with E-state index in [0.29, 0.717) is 6.42 Å². The normalized spacial score (nSPS) is 17.5. The fraction of sp³-hybridized carbons (Fsp3) is 0.364. The molecule has 2 aliphatic rings. The van der Waals surface area contributed by atoms with Crippen molar-refractivity contribution in [2.24, 2.45) is 0 Å². The van der Waals surface area contributed by atoms with Gasteiger partial charge in [-0.1, -0.05) is 16.9 Å². The fourth-order valence-corrected chi connectivity index (χ4v) is 3.93. The minimum Gasteiger partial charge on any atom is -0.454 e. The van der Waals surface area contributed by atoms with Gasteiger partial charge >= 0.3 is 0 Å². The molecule has 90 valence electrons. The summed E-state index contributed by atoms with van der Waals surface area (Å²) in [6, 6.07) is 5.66. The first kappa shape index (κ1) is 11.1. The number of amides is 1. The van der Waals surface area contributed by atoms with Crippen LogP contribution in [0, 0.1) is 0 Å². The molecular weight excluding hydrogens is 258 g/mol. The van der Waals surface area contributed by atoms with E-state index in [9.17, 15) is 4.79 Å². The number of carbonyl (C=O) groups excluding carboxylic acids is 1. The predicted octanol–water partition coefficient (Wildman–Crippen LogP) is 2.10. The number of carbonyl (C=O) groups is 1. The Labute approximate surface area is 107 Å². The quantitative estimate of drug-likeness (QED) is 0.607. The van der Waals surface area contributed by atoms with Crippen molar-refractivity contribution in [3.8, 4) is 11.5 Å². The van der Waals surface area contributed by atoms with Crippen molar-refractivity contribution < 1.29 is 14.3 Å². The lowest BCUT2D eigenvalue weighted by atomic mass is 10.1. The molecule has 1 amide bonds. The zero-order valence-corrected chi connectivity index (χ0v) is 10.7. The fourth-order valence-electron chi connectivity index (χ4n) is 1.74. The van der Waals surface area contributed by atoms with Gasteiger partial charge < -0.3 is 9.47 Å². The van der Waals surface area contributed by atoms with Crippen LogP contribution in [-0.2, 0) is 11.2 Å². The predicted molar refractivity (Wildman–Crippen MR) is 68.0 cm³/mol. The van der Waals surface area contributed by atoms with Crippen LogP contribution in [0.2, 0.25) is 0 Å². The van der Waals surface area contributed by atoms with Crippen molar-refractivity contribution in [3.63, 3.8) is 0 Å². The van der Waals surface area contributed by atoms with E-state index in [4.69, 9.17) is 9.47 Å². The molecular formula is C11H11NO3S2. The van der Waals surface area contributed by atoms with Crippen LogP contribution in [0.4, 0.5) is 0 Å². The summed E-state index contributed by atoms with van der Waals surface area (Å²) in [6.45, 7) is 1.10. The van der Waals surface area contributed by atoms with Crippen LogP contribution in [0.1, 0.15) is 5.56 Å². The van der Waals surface area contributed by atoms with Crippen molar-refractivity contribution in [1.82, 2.24) is 4.31 Å². The lowest BCUT2D eigenvalue weighted by molar-refractivity contribution is -0.125. The lowest BCUT2D eigenvalue weighted by Crippen LogP contribution is -2.23. The minimum atomic E-state index is 0.152. The largest absolute Gasteiger partial charge is 0.454 e. The second-order valence-electron chi connectivity index (χ2n) is 3.76. The molecule has 1 fully saturated rings. The smallest absolute Gasteiger partial charge is 0.237 e. The van der Waals surface area contributed by atoms with Crippen LogP contribution in [0.15, 0.2) is 18.2 Å². The Balaban J connectivity index is 1.70. The summed E-state index contributed by atoms with van der Waals surface area (Å²) >= 11 is 0. The van der Waals surface area contributed by atoms with Crippen molar-refractivity contribution in [2.75, 3.05) is 19.1 Å². The van der Waals surface area contributed by atoms with Gasteiger partial charge in [0.1, 0.15) is 0 Å². The number of benzene rings is 1. The van der Waals surface area contributed by atoms with Crippen LogP contribution in [0.5, 0.6) is 11.5 Å². The molecule has 4 nitrogen and oxygen atoms in total. The molecule has 1 saturated heterocycles. The third-order valence-corrected chi connectivity index (χ3v) is 4.97. The van der Waals surface area contributed by atoms with Gasteiger partial charge in [-0.25, -0.2) is 0 Å². The van der Waals surface area contributed by atoms with Crippen LogP contribution in [0.3, 0.4) is 0 Å². The summed E-state index contributed by atoms with van der Waals surface area (Å²) in [6.07, 6.45) is 0.421. The van der Waals surface area contributed by atoms with Gasteiger partial charge in [-0.3, -0.25) is 9.10 Å². The minimum absolute atomic E-state index is 0.152. The molecule has 3 rings (SSSR count). The van der Waals surface area contributed by atoms with E-state index in [2.05, 4.69) is 0 Å². The second kappa shape index (κ2) is 4.70. The summed E-state index contributed by atoms with van der Waals surface area (Å²) < 4.78 is 12.3. The van der Waals surface area contributed by atoms with E-state index in [1.54, 1.807) is 10.8 Å². The highest BCUT2D eigenvalue weighted by molar-refractivity contribution is 8.76. The molecule has 1 aromatic carbocycles. The van der Waals surface area contributed by atoms with Crippen LogP contribution in [-0.4, -0.2) is 29.3 Å². The number of fused-ring (bicyclic) bond motifs is 1.